The number of nitrogens with zero attached hydrogens (tertiary/aromatic N) is 4. The summed E-state index contributed by atoms with van der Waals surface area (Å²) in [5.41, 5.74) is 0.687. The van der Waals surface area contributed by atoms with Gasteiger partial charge in [-0.2, -0.15) is 13.2 Å². The third-order valence-corrected chi connectivity index (χ3v) is 5.67. The van der Waals surface area contributed by atoms with E-state index < -0.39 is 11.7 Å². The molecule has 1 fully saturated rings. The number of alkyl halides is 3. The second kappa shape index (κ2) is 8.64. The highest BCUT2D eigenvalue weighted by molar-refractivity contribution is 5.82. The second-order valence-electron chi connectivity index (χ2n) is 7.94. The van der Waals surface area contributed by atoms with Crippen molar-refractivity contribution in [3.8, 4) is 0 Å². The molecule has 164 valence electrons. The number of aryl methyl sites for hydroxylation is 2. The molecule has 0 bridgehead atoms. The van der Waals surface area contributed by atoms with Crippen LogP contribution in [0.15, 0.2) is 35.1 Å². The Morgan fingerprint density at radius 1 is 1.29 bits per heavy atom. The van der Waals surface area contributed by atoms with Crippen LogP contribution in [0.2, 0.25) is 0 Å². The van der Waals surface area contributed by atoms with Crippen molar-refractivity contribution >= 4 is 17.0 Å². The van der Waals surface area contributed by atoms with E-state index in [4.69, 9.17) is 4.52 Å². The van der Waals surface area contributed by atoms with Gasteiger partial charge < -0.3 is 9.42 Å². The zero-order chi connectivity index (χ0) is 22.0. The van der Waals surface area contributed by atoms with Crippen LogP contribution in [0.4, 0.5) is 13.2 Å². The Bertz CT molecular complexity index is 1070. The molecule has 1 aliphatic heterocycles. The van der Waals surface area contributed by atoms with E-state index in [1.165, 1.54) is 6.92 Å². The highest BCUT2D eigenvalue weighted by atomic mass is 19.4. The lowest BCUT2D eigenvalue weighted by molar-refractivity contribution is -0.136. The van der Waals surface area contributed by atoms with Gasteiger partial charge >= 0.3 is 6.18 Å². The highest BCUT2D eigenvalue weighted by Gasteiger charge is 2.38. The summed E-state index contributed by atoms with van der Waals surface area (Å²) in [6.07, 6.45) is 2.13. The average Bonchev–Trinajstić information content (AvgIpc) is 3.17. The smallest absolute Gasteiger partial charge is 0.342 e. The van der Waals surface area contributed by atoms with Crippen molar-refractivity contribution in [2.75, 3.05) is 13.1 Å². The van der Waals surface area contributed by atoms with E-state index in [0.717, 1.165) is 18.1 Å². The number of amides is 1. The van der Waals surface area contributed by atoms with Gasteiger partial charge in [0.2, 0.25) is 5.91 Å². The summed E-state index contributed by atoms with van der Waals surface area (Å²) in [6, 6.07) is 4.87. The Morgan fingerprint density at radius 2 is 2.06 bits per heavy atom. The molecule has 3 aromatic heterocycles. The molecule has 0 unspecified atom stereocenters. The molecular formula is C22H23F3N4O2. The fourth-order valence-corrected chi connectivity index (χ4v) is 4.18. The summed E-state index contributed by atoms with van der Waals surface area (Å²) in [6.45, 7) is 2.43. The molecule has 1 atom stereocenters. The monoisotopic (exact) mass is 432 g/mol. The van der Waals surface area contributed by atoms with Crippen molar-refractivity contribution in [1.82, 2.24) is 20.0 Å². The molecule has 0 spiro atoms. The lowest BCUT2D eigenvalue weighted by Gasteiger charge is -2.32. The Balaban J connectivity index is 1.48. The lowest BCUT2D eigenvalue weighted by Crippen LogP contribution is -2.39. The van der Waals surface area contributed by atoms with Crippen LogP contribution >= 0.6 is 0 Å². The molecule has 4 heterocycles. The van der Waals surface area contributed by atoms with E-state index in [1.54, 1.807) is 17.3 Å². The minimum absolute atomic E-state index is 0.0107. The van der Waals surface area contributed by atoms with Crippen LogP contribution in [0.3, 0.4) is 0 Å². The molecular weight excluding hydrogens is 409 g/mol. The average molecular weight is 432 g/mol. The van der Waals surface area contributed by atoms with Crippen molar-refractivity contribution in [1.29, 1.82) is 0 Å². The second-order valence-corrected chi connectivity index (χ2v) is 7.94. The van der Waals surface area contributed by atoms with Crippen molar-refractivity contribution in [3.05, 3.63) is 53.1 Å². The number of likely N-dealkylation sites (tertiary alicyclic amines) is 1. The van der Waals surface area contributed by atoms with E-state index >= 15 is 0 Å². The van der Waals surface area contributed by atoms with Gasteiger partial charge in [0.15, 0.2) is 0 Å². The summed E-state index contributed by atoms with van der Waals surface area (Å²) in [5, 5.41) is 3.86. The number of aromatic nitrogens is 3. The number of rotatable bonds is 5. The number of hydrogen-bond donors (Lipinski definition) is 0. The van der Waals surface area contributed by atoms with Gasteiger partial charge in [-0.15, -0.1) is 0 Å². The Kier molecular flexibility index (Phi) is 5.93. The quantitative estimate of drug-likeness (QED) is 0.586. The number of carbonyl (C=O) groups is 1. The Labute approximate surface area is 177 Å². The minimum Gasteiger partial charge on any atom is -0.342 e. The molecule has 4 rings (SSSR count). The maximum Gasteiger partial charge on any atom is 0.417 e. The number of piperidine rings is 1. The Hall–Kier alpha value is -2.97. The molecule has 0 aromatic carbocycles. The van der Waals surface area contributed by atoms with Crippen molar-refractivity contribution in [2.24, 2.45) is 0 Å². The summed E-state index contributed by atoms with van der Waals surface area (Å²) >= 11 is 0. The molecule has 31 heavy (non-hydrogen) atoms. The Morgan fingerprint density at radius 3 is 2.81 bits per heavy atom. The van der Waals surface area contributed by atoms with Crippen LogP contribution in [0.1, 0.15) is 54.1 Å². The van der Waals surface area contributed by atoms with E-state index in [1.807, 2.05) is 12.1 Å². The maximum atomic E-state index is 13.6. The predicted octanol–water partition coefficient (Wildman–Crippen LogP) is 4.67. The first-order valence-corrected chi connectivity index (χ1v) is 10.3. The van der Waals surface area contributed by atoms with Gasteiger partial charge in [-0.1, -0.05) is 5.16 Å². The first kappa shape index (κ1) is 21.3. The van der Waals surface area contributed by atoms with Gasteiger partial charge in [0, 0.05) is 43.5 Å². The number of pyridine rings is 2. The van der Waals surface area contributed by atoms with Gasteiger partial charge in [0.1, 0.15) is 0 Å². The number of hydrogen-bond acceptors (Lipinski definition) is 5. The zero-order valence-electron chi connectivity index (χ0n) is 17.2. The van der Waals surface area contributed by atoms with E-state index in [-0.39, 0.29) is 34.3 Å². The van der Waals surface area contributed by atoms with Crippen LogP contribution < -0.4 is 0 Å². The molecule has 1 saturated heterocycles. The van der Waals surface area contributed by atoms with Gasteiger partial charge in [0.25, 0.3) is 5.71 Å². The first-order chi connectivity index (χ1) is 14.8. The maximum absolute atomic E-state index is 13.6. The SMILES string of the molecule is Cc1cc(C(F)(F)F)c2c([C@@H]3CCCN(C(=O)CCCc4ccncc4)C3)noc2n1. The molecule has 0 aliphatic carbocycles. The van der Waals surface area contributed by atoms with Crippen molar-refractivity contribution in [3.63, 3.8) is 0 Å². The van der Waals surface area contributed by atoms with Crippen molar-refractivity contribution < 1.29 is 22.5 Å². The van der Waals surface area contributed by atoms with Crippen LogP contribution in [0.5, 0.6) is 0 Å². The largest absolute Gasteiger partial charge is 0.417 e. The van der Waals surface area contributed by atoms with Crippen LogP contribution in [-0.4, -0.2) is 39.0 Å². The molecule has 3 aromatic rings. The topological polar surface area (TPSA) is 72.1 Å². The molecule has 1 aliphatic rings. The predicted molar refractivity (Wildman–Crippen MR) is 107 cm³/mol. The third kappa shape index (κ3) is 4.70. The summed E-state index contributed by atoms with van der Waals surface area (Å²) in [7, 11) is 0. The molecule has 0 saturated carbocycles. The van der Waals surface area contributed by atoms with Crippen molar-refractivity contribution in [2.45, 2.75) is 51.1 Å². The number of fused-ring (bicyclic) bond motifs is 1. The van der Waals surface area contributed by atoms with Crippen LogP contribution in [0.25, 0.3) is 11.1 Å². The summed E-state index contributed by atoms with van der Waals surface area (Å²) in [4.78, 5) is 22.5. The standard InChI is InChI=1S/C22H23F3N4O2/c1-14-12-17(22(23,24)25)19-20(28-31-21(19)27-14)16-5-3-11-29(13-16)18(30)6-2-4-15-7-9-26-10-8-15/h7-10,12,16H,2-6,11,13H2,1H3/t16-/m1/s1. The van der Waals surface area contributed by atoms with Crippen LogP contribution in [0, 0.1) is 6.92 Å². The fourth-order valence-electron chi connectivity index (χ4n) is 4.18. The zero-order valence-corrected chi connectivity index (χ0v) is 17.2. The molecule has 9 heteroatoms. The summed E-state index contributed by atoms with van der Waals surface area (Å²) in [5.74, 6) is -0.304. The third-order valence-electron chi connectivity index (χ3n) is 5.67. The minimum atomic E-state index is -4.54. The molecule has 1 amide bonds. The first-order valence-electron chi connectivity index (χ1n) is 10.3. The molecule has 0 radical (unpaired) electrons. The highest BCUT2D eigenvalue weighted by Crippen LogP contribution is 2.40. The van der Waals surface area contributed by atoms with E-state index in [0.29, 0.717) is 38.8 Å². The summed E-state index contributed by atoms with van der Waals surface area (Å²) < 4.78 is 46.1. The van der Waals surface area contributed by atoms with Crippen LogP contribution in [-0.2, 0) is 17.4 Å². The lowest BCUT2D eigenvalue weighted by atomic mass is 9.91. The van der Waals surface area contributed by atoms with E-state index in [9.17, 15) is 18.0 Å². The van der Waals surface area contributed by atoms with Gasteiger partial charge in [-0.3, -0.25) is 9.78 Å². The van der Waals surface area contributed by atoms with E-state index in [2.05, 4.69) is 15.1 Å². The van der Waals surface area contributed by atoms with Gasteiger partial charge in [-0.05, 0) is 56.4 Å². The van der Waals surface area contributed by atoms with Gasteiger partial charge in [-0.25, -0.2) is 4.98 Å². The molecule has 6 nitrogen and oxygen atoms in total. The number of carbonyl (C=O) groups excluding carboxylic acids is 1. The fraction of sp³-hybridized carbons (Fsp3) is 0.455. The molecule has 0 N–H and O–H groups in total. The number of halogens is 3. The van der Waals surface area contributed by atoms with Gasteiger partial charge in [0.05, 0.1) is 16.6 Å². The normalized spacial score (nSPS) is 17.3.